The molecule has 1 heterocycles. The molecule has 30 heavy (non-hydrogen) atoms. The number of carboxylic acid groups (broad SMARTS) is 1. The quantitative estimate of drug-likeness (QED) is 0.517. The zero-order chi connectivity index (χ0) is 21.3. The van der Waals surface area contributed by atoms with Gasteiger partial charge in [0.15, 0.2) is 0 Å². The Labute approximate surface area is 177 Å². The van der Waals surface area contributed by atoms with Crippen LogP contribution in [0.5, 0.6) is 0 Å². The monoisotopic (exact) mass is 400 g/mol. The van der Waals surface area contributed by atoms with E-state index >= 15 is 0 Å². The first-order valence-corrected chi connectivity index (χ1v) is 10.8. The van der Waals surface area contributed by atoms with Crippen molar-refractivity contribution in [1.82, 2.24) is 0 Å². The third kappa shape index (κ3) is 2.91. The van der Waals surface area contributed by atoms with Gasteiger partial charge in [-0.05, 0) is 83.0 Å². The fraction of sp³-hybridized carbons (Fsp3) is 0.370. The number of carboxylic acids is 1. The topological polar surface area (TPSA) is 50.4 Å². The lowest BCUT2D eigenvalue weighted by molar-refractivity contribution is 0.0697. The van der Waals surface area contributed by atoms with Crippen LogP contribution in [-0.2, 0) is 23.7 Å². The average molecular weight is 401 g/mol. The molecule has 0 saturated carbocycles. The Kier molecular flexibility index (Phi) is 4.05. The van der Waals surface area contributed by atoms with Crippen LogP contribution in [-0.4, -0.2) is 11.1 Å². The number of hydrogen-bond acceptors (Lipinski definition) is 2. The molecule has 1 N–H and O–H groups in total. The third-order valence-electron chi connectivity index (χ3n) is 7.21. The molecule has 0 atom stereocenters. The Morgan fingerprint density at radius 3 is 2.10 bits per heavy atom. The van der Waals surface area contributed by atoms with Crippen molar-refractivity contribution in [3.8, 4) is 22.6 Å². The van der Waals surface area contributed by atoms with Gasteiger partial charge in [0.25, 0.3) is 0 Å². The molecule has 0 saturated heterocycles. The molecule has 0 amide bonds. The van der Waals surface area contributed by atoms with Gasteiger partial charge in [-0.25, -0.2) is 4.79 Å². The Hall–Kier alpha value is -2.81. The van der Waals surface area contributed by atoms with Gasteiger partial charge in [-0.3, -0.25) is 0 Å². The van der Waals surface area contributed by atoms with Crippen LogP contribution in [0.2, 0.25) is 0 Å². The van der Waals surface area contributed by atoms with Gasteiger partial charge in [-0.15, -0.1) is 0 Å². The molecule has 3 heteroatoms. The summed E-state index contributed by atoms with van der Waals surface area (Å²) in [5.74, 6) is 0.877. The van der Waals surface area contributed by atoms with E-state index < -0.39 is 5.97 Å². The van der Waals surface area contributed by atoms with Crippen molar-refractivity contribution in [1.29, 1.82) is 0 Å². The number of furan rings is 1. The van der Waals surface area contributed by atoms with Gasteiger partial charge in [0.05, 0.1) is 5.56 Å². The van der Waals surface area contributed by atoms with Crippen molar-refractivity contribution < 1.29 is 14.3 Å². The molecular formula is C27H28O3. The first kappa shape index (κ1) is 19.2. The highest BCUT2D eigenvalue weighted by atomic mass is 16.4. The molecule has 0 spiro atoms. The van der Waals surface area contributed by atoms with Crippen molar-refractivity contribution in [2.45, 2.75) is 64.2 Å². The van der Waals surface area contributed by atoms with E-state index in [-0.39, 0.29) is 16.4 Å². The first-order chi connectivity index (χ1) is 14.2. The van der Waals surface area contributed by atoms with Crippen LogP contribution in [0.4, 0.5) is 0 Å². The molecular weight excluding hydrogens is 372 g/mol. The van der Waals surface area contributed by atoms with E-state index in [0.717, 1.165) is 29.9 Å². The minimum absolute atomic E-state index is 0.166. The van der Waals surface area contributed by atoms with Crippen LogP contribution < -0.4 is 0 Å². The van der Waals surface area contributed by atoms with Crippen molar-refractivity contribution in [2.75, 3.05) is 0 Å². The van der Waals surface area contributed by atoms with E-state index in [1.807, 2.05) is 12.1 Å². The van der Waals surface area contributed by atoms with Gasteiger partial charge >= 0.3 is 5.97 Å². The Morgan fingerprint density at radius 2 is 1.47 bits per heavy atom. The van der Waals surface area contributed by atoms with E-state index in [4.69, 9.17) is 9.52 Å². The van der Waals surface area contributed by atoms with E-state index in [0.29, 0.717) is 0 Å². The highest BCUT2D eigenvalue weighted by Gasteiger charge is 2.38. The van der Waals surface area contributed by atoms with Crippen LogP contribution in [0, 0.1) is 0 Å². The molecule has 154 valence electrons. The average Bonchev–Trinajstić information content (AvgIpc) is 3.15. The summed E-state index contributed by atoms with van der Waals surface area (Å²) >= 11 is 0. The molecule has 3 aromatic rings. The standard InChI is InChI=1S/C27H28O3/c1-26(2)11-12-27(3,4)22-15-20-18(13-21(22)26)9-10-19-14-23(30-24(19)20)16-5-7-17(8-6-16)25(28)29/h5-8,13-15H,9-12H2,1-4H3,(H,28,29). The number of rotatable bonds is 2. The van der Waals surface area contributed by atoms with Crippen molar-refractivity contribution in [2.24, 2.45) is 0 Å². The van der Waals surface area contributed by atoms with Crippen LogP contribution in [0.25, 0.3) is 22.6 Å². The number of fused-ring (bicyclic) bond motifs is 4. The maximum atomic E-state index is 11.1. The molecule has 0 unspecified atom stereocenters. The lowest BCUT2D eigenvalue weighted by Gasteiger charge is -2.42. The molecule has 2 aliphatic rings. The minimum atomic E-state index is -0.912. The largest absolute Gasteiger partial charge is 0.478 e. The summed E-state index contributed by atoms with van der Waals surface area (Å²) in [5, 5.41) is 9.14. The van der Waals surface area contributed by atoms with Crippen LogP contribution in [0.3, 0.4) is 0 Å². The number of aryl methyl sites for hydroxylation is 2. The van der Waals surface area contributed by atoms with Gasteiger partial charge in [-0.1, -0.05) is 45.9 Å². The zero-order valence-electron chi connectivity index (χ0n) is 18.1. The van der Waals surface area contributed by atoms with Gasteiger partial charge in [0.1, 0.15) is 11.5 Å². The van der Waals surface area contributed by atoms with Crippen molar-refractivity contribution >= 4 is 5.97 Å². The van der Waals surface area contributed by atoms with Gasteiger partial charge in [0, 0.05) is 11.1 Å². The maximum Gasteiger partial charge on any atom is 0.335 e. The summed E-state index contributed by atoms with van der Waals surface area (Å²) in [7, 11) is 0. The molecule has 0 bridgehead atoms. The number of hydrogen-bond donors (Lipinski definition) is 1. The summed E-state index contributed by atoms with van der Waals surface area (Å²) in [5.41, 5.74) is 8.38. The van der Waals surface area contributed by atoms with E-state index in [1.54, 1.807) is 12.1 Å². The number of benzene rings is 2. The number of aromatic carboxylic acids is 1. The fourth-order valence-corrected chi connectivity index (χ4v) is 5.11. The van der Waals surface area contributed by atoms with Crippen LogP contribution >= 0.6 is 0 Å². The van der Waals surface area contributed by atoms with Gasteiger partial charge in [-0.2, -0.15) is 0 Å². The summed E-state index contributed by atoms with van der Waals surface area (Å²) in [6, 6.07) is 13.9. The zero-order valence-corrected chi connectivity index (χ0v) is 18.1. The maximum absolute atomic E-state index is 11.1. The SMILES string of the molecule is CC1(C)CCC(C)(C)c2cc3c(cc21)CCc1cc(-c2ccc(C(=O)O)cc2)oc1-3. The molecule has 0 radical (unpaired) electrons. The fourth-order valence-electron chi connectivity index (χ4n) is 5.11. The Balaban J connectivity index is 1.62. The first-order valence-electron chi connectivity index (χ1n) is 10.8. The molecule has 2 aromatic carbocycles. The molecule has 2 aliphatic carbocycles. The van der Waals surface area contributed by atoms with Crippen LogP contribution in [0.15, 0.2) is 46.9 Å². The van der Waals surface area contributed by atoms with Crippen molar-refractivity contribution in [3.63, 3.8) is 0 Å². The normalized spacial score (nSPS) is 18.3. The van der Waals surface area contributed by atoms with Gasteiger partial charge in [0.2, 0.25) is 0 Å². The summed E-state index contributed by atoms with van der Waals surface area (Å²) in [4.78, 5) is 11.1. The van der Waals surface area contributed by atoms with Crippen molar-refractivity contribution in [3.05, 3.63) is 70.3 Å². The lowest BCUT2D eigenvalue weighted by Crippen LogP contribution is -2.34. The smallest absolute Gasteiger partial charge is 0.335 e. The minimum Gasteiger partial charge on any atom is -0.478 e. The molecule has 3 nitrogen and oxygen atoms in total. The lowest BCUT2D eigenvalue weighted by atomic mass is 9.62. The van der Waals surface area contributed by atoms with E-state index in [9.17, 15) is 4.79 Å². The highest BCUT2D eigenvalue weighted by molar-refractivity contribution is 5.88. The predicted molar refractivity (Wildman–Crippen MR) is 119 cm³/mol. The molecule has 1 aromatic heterocycles. The molecule has 5 rings (SSSR count). The Bertz CT molecular complexity index is 1160. The predicted octanol–water partition coefficient (Wildman–Crippen LogP) is 6.76. The second-order valence-corrected chi connectivity index (χ2v) is 10.2. The molecule has 0 fully saturated rings. The Morgan fingerprint density at radius 1 is 0.867 bits per heavy atom. The van der Waals surface area contributed by atoms with Crippen LogP contribution in [0.1, 0.15) is 73.1 Å². The summed E-state index contributed by atoms with van der Waals surface area (Å²) in [6.45, 7) is 9.45. The van der Waals surface area contributed by atoms with E-state index in [1.165, 1.54) is 40.7 Å². The second-order valence-electron chi connectivity index (χ2n) is 10.2. The van der Waals surface area contributed by atoms with Gasteiger partial charge < -0.3 is 9.52 Å². The van der Waals surface area contributed by atoms with E-state index in [2.05, 4.69) is 45.9 Å². The second kappa shape index (κ2) is 6.34. The summed E-state index contributed by atoms with van der Waals surface area (Å²) < 4.78 is 6.38. The number of carbonyl (C=O) groups is 1. The third-order valence-corrected chi connectivity index (χ3v) is 7.21. The summed E-state index contributed by atoms with van der Waals surface area (Å²) in [6.07, 6.45) is 4.41. The molecule has 0 aliphatic heterocycles. The highest BCUT2D eigenvalue weighted by Crippen LogP contribution is 2.49.